The second-order valence-electron chi connectivity index (χ2n) is 12.2. The van der Waals surface area contributed by atoms with E-state index in [9.17, 15) is 20.4 Å². The summed E-state index contributed by atoms with van der Waals surface area (Å²) in [5, 5.41) is 42.6. The van der Waals surface area contributed by atoms with Crippen molar-refractivity contribution in [2.75, 3.05) is 13.2 Å². The van der Waals surface area contributed by atoms with Gasteiger partial charge in [0.1, 0.15) is 11.5 Å². The molecule has 208 valence electrons. The van der Waals surface area contributed by atoms with E-state index in [0.29, 0.717) is 24.3 Å². The highest BCUT2D eigenvalue weighted by Crippen LogP contribution is 2.49. The Hall–Kier alpha value is -2.04. The van der Waals surface area contributed by atoms with Gasteiger partial charge in [-0.2, -0.15) is 0 Å². The number of phenols is 2. The molecule has 0 amide bonds. The number of aliphatic hydroxyl groups is 2. The Balaban J connectivity index is 2.93. The van der Waals surface area contributed by atoms with Crippen molar-refractivity contribution in [3.05, 3.63) is 57.6 Å². The Morgan fingerprint density at radius 2 is 1.05 bits per heavy atom. The maximum atomic E-state index is 11.8. The fraction of sp³-hybridized carbons (Fsp3) is 0.636. The minimum Gasteiger partial charge on any atom is -0.507 e. The van der Waals surface area contributed by atoms with E-state index in [2.05, 4.69) is 79.7 Å². The van der Waals surface area contributed by atoms with Gasteiger partial charge in [0.15, 0.2) is 0 Å². The van der Waals surface area contributed by atoms with Crippen molar-refractivity contribution in [3.63, 3.8) is 0 Å². The highest BCUT2D eigenvalue weighted by atomic mass is 16.3. The number of aliphatic hydroxyl groups excluding tert-OH is 2. The number of hydrogen-bond acceptors (Lipinski definition) is 4. The van der Waals surface area contributed by atoms with Gasteiger partial charge in [0.05, 0.1) is 0 Å². The third-order valence-corrected chi connectivity index (χ3v) is 8.75. The van der Waals surface area contributed by atoms with Gasteiger partial charge in [-0.1, -0.05) is 86.1 Å². The van der Waals surface area contributed by atoms with Crippen LogP contribution < -0.4 is 0 Å². The van der Waals surface area contributed by atoms with E-state index in [0.717, 1.165) is 65.5 Å². The first-order valence-electron chi connectivity index (χ1n) is 14.3. The van der Waals surface area contributed by atoms with Gasteiger partial charge in [-0.25, -0.2) is 0 Å². The molecule has 1 atom stereocenters. The van der Waals surface area contributed by atoms with Gasteiger partial charge in [0.2, 0.25) is 0 Å². The number of aromatic hydroxyl groups is 2. The quantitative estimate of drug-likeness (QED) is 0.211. The summed E-state index contributed by atoms with van der Waals surface area (Å²) in [6.45, 7) is 17.5. The Bertz CT molecular complexity index is 944. The molecule has 0 heterocycles. The van der Waals surface area contributed by atoms with Crippen LogP contribution in [-0.4, -0.2) is 33.6 Å². The Kier molecular flexibility index (Phi) is 11.1. The van der Waals surface area contributed by atoms with Gasteiger partial charge in [0.25, 0.3) is 0 Å². The molecule has 4 heteroatoms. The lowest BCUT2D eigenvalue weighted by Crippen LogP contribution is -2.21. The largest absolute Gasteiger partial charge is 0.507 e. The van der Waals surface area contributed by atoms with Gasteiger partial charge in [0, 0.05) is 41.4 Å². The first-order chi connectivity index (χ1) is 17.4. The normalized spacial score (nSPS) is 13.4. The predicted octanol–water partition coefficient (Wildman–Crippen LogP) is 7.50. The van der Waals surface area contributed by atoms with Gasteiger partial charge < -0.3 is 20.4 Å². The number of benzene rings is 2. The molecular weight excluding hydrogens is 460 g/mol. The maximum Gasteiger partial charge on any atom is 0.123 e. The predicted molar refractivity (Wildman–Crippen MR) is 155 cm³/mol. The molecule has 0 aliphatic rings. The average molecular weight is 513 g/mol. The van der Waals surface area contributed by atoms with Crippen LogP contribution in [0.5, 0.6) is 11.5 Å². The zero-order valence-electron chi connectivity index (χ0n) is 24.6. The molecule has 0 saturated heterocycles. The van der Waals surface area contributed by atoms with Gasteiger partial charge in [-0.05, 0) is 66.4 Å². The summed E-state index contributed by atoms with van der Waals surface area (Å²) in [5.74, 6) is 0.627. The molecule has 0 saturated carbocycles. The second kappa shape index (κ2) is 13.2. The summed E-state index contributed by atoms with van der Waals surface area (Å²) in [4.78, 5) is 0. The molecule has 37 heavy (non-hydrogen) atoms. The third-order valence-electron chi connectivity index (χ3n) is 8.75. The van der Waals surface area contributed by atoms with Crippen LogP contribution in [0.2, 0.25) is 0 Å². The molecule has 2 rings (SSSR count). The zero-order chi connectivity index (χ0) is 28.0. The van der Waals surface area contributed by atoms with Crippen LogP contribution in [-0.2, 0) is 23.7 Å². The van der Waals surface area contributed by atoms with Crippen LogP contribution in [0.3, 0.4) is 0 Å². The van der Waals surface area contributed by atoms with Crippen LogP contribution >= 0.6 is 0 Å². The SMILES string of the molecule is CCC(C)C(c1cc(CCCO)cc(C(C)(C)CC)c1O)c1cc(CCCO)cc(C(C)(C)CC)c1O. The molecule has 0 aliphatic heterocycles. The minimum atomic E-state index is -0.214. The van der Waals surface area contributed by atoms with Gasteiger partial charge in [-0.15, -0.1) is 0 Å². The summed E-state index contributed by atoms with van der Waals surface area (Å²) in [5.41, 5.74) is 5.36. The van der Waals surface area contributed by atoms with Crippen LogP contribution in [0.4, 0.5) is 0 Å². The molecule has 4 nitrogen and oxygen atoms in total. The van der Waals surface area contributed by atoms with E-state index in [1.165, 1.54) is 0 Å². The van der Waals surface area contributed by atoms with E-state index in [1.54, 1.807) is 0 Å². The molecular formula is C33H52O4. The number of aryl methyl sites for hydroxylation is 2. The second-order valence-corrected chi connectivity index (χ2v) is 12.2. The average Bonchev–Trinajstić information content (AvgIpc) is 2.88. The molecule has 1 unspecified atom stereocenters. The van der Waals surface area contributed by atoms with Crippen LogP contribution in [0.25, 0.3) is 0 Å². The van der Waals surface area contributed by atoms with Crippen molar-refractivity contribution in [1.82, 2.24) is 0 Å². The third kappa shape index (κ3) is 7.09. The van der Waals surface area contributed by atoms with Crippen LogP contribution in [0, 0.1) is 5.92 Å². The van der Waals surface area contributed by atoms with Gasteiger partial charge >= 0.3 is 0 Å². The summed E-state index contributed by atoms with van der Waals surface area (Å²) < 4.78 is 0. The van der Waals surface area contributed by atoms with E-state index in [-0.39, 0.29) is 35.9 Å². The summed E-state index contributed by atoms with van der Waals surface area (Å²) in [7, 11) is 0. The summed E-state index contributed by atoms with van der Waals surface area (Å²) in [6.07, 6.45) is 5.47. The molecule has 0 aliphatic carbocycles. The Labute approximate surface area is 225 Å². The lowest BCUT2D eigenvalue weighted by atomic mass is 9.72. The van der Waals surface area contributed by atoms with Crippen LogP contribution in [0.1, 0.15) is 127 Å². The van der Waals surface area contributed by atoms with Crippen molar-refractivity contribution in [2.24, 2.45) is 5.92 Å². The molecule has 0 aromatic heterocycles. The molecule has 4 N–H and O–H groups in total. The van der Waals surface area contributed by atoms with Gasteiger partial charge in [-0.3, -0.25) is 0 Å². The lowest BCUT2D eigenvalue weighted by Gasteiger charge is -2.33. The first kappa shape index (κ1) is 31.2. The smallest absolute Gasteiger partial charge is 0.123 e. The molecule has 0 spiro atoms. The monoisotopic (exact) mass is 512 g/mol. The van der Waals surface area contributed by atoms with Crippen molar-refractivity contribution >= 4 is 0 Å². The van der Waals surface area contributed by atoms with E-state index < -0.39 is 0 Å². The molecule has 0 bridgehead atoms. The topological polar surface area (TPSA) is 80.9 Å². The lowest BCUT2D eigenvalue weighted by molar-refractivity contribution is 0.288. The van der Waals surface area contributed by atoms with E-state index in [4.69, 9.17) is 0 Å². The molecule has 2 aromatic rings. The van der Waals surface area contributed by atoms with Crippen molar-refractivity contribution in [3.8, 4) is 11.5 Å². The maximum absolute atomic E-state index is 11.8. The van der Waals surface area contributed by atoms with Crippen molar-refractivity contribution in [1.29, 1.82) is 0 Å². The Morgan fingerprint density at radius 1 is 0.676 bits per heavy atom. The van der Waals surface area contributed by atoms with Crippen LogP contribution in [0.15, 0.2) is 24.3 Å². The Morgan fingerprint density at radius 3 is 1.35 bits per heavy atom. The number of hydrogen-bond donors (Lipinski definition) is 4. The molecule has 0 radical (unpaired) electrons. The van der Waals surface area contributed by atoms with E-state index in [1.807, 2.05) is 0 Å². The zero-order valence-corrected chi connectivity index (χ0v) is 24.6. The highest BCUT2D eigenvalue weighted by Gasteiger charge is 2.33. The fourth-order valence-electron chi connectivity index (χ4n) is 5.20. The fourth-order valence-corrected chi connectivity index (χ4v) is 5.20. The molecule has 2 aromatic carbocycles. The first-order valence-corrected chi connectivity index (χ1v) is 14.3. The number of rotatable bonds is 14. The highest BCUT2D eigenvalue weighted by molar-refractivity contribution is 5.57. The number of phenolic OH excluding ortho intramolecular Hbond substituents is 2. The summed E-state index contributed by atoms with van der Waals surface area (Å²) >= 11 is 0. The minimum absolute atomic E-state index is 0.126. The van der Waals surface area contributed by atoms with Crippen molar-refractivity contribution < 1.29 is 20.4 Å². The standard InChI is InChI=1S/C33H52O4/c1-9-22(4)29(25-18-23(14-12-16-34)20-27(30(25)36)32(5,6)10-2)26-19-24(15-13-17-35)21-28(31(26)37)33(7,8)11-3/h18-22,29,34-37H,9-17H2,1-8H3. The molecule has 0 fully saturated rings. The summed E-state index contributed by atoms with van der Waals surface area (Å²) in [6, 6.07) is 8.41. The van der Waals surface area contributed by atoms with E-state index >= 15 is 0 Å². The van der Waals surface area contributed by atoms with Crippen molar-refractivity contribution in [2.45, 2.75) is 117 Å².